The molecule has 0 aliphatic carbocycles. The zero-order valence-electron chi connectivity index (χ0n) is 28.9. The number of unbranched alkanes of at least 4 members (excludes halogenated alkanes) is 26. The van der Waals surface area contributed by atoms with Crippen LogP contribution in [0, 0.1) is 0 Å². The van der Waals surface area contributed by atoms with Gasteiger partial charge in [0.1, 0.15) is 10.9 Å². The van der Waals surface area contributed by atoms with Crippen LogP contribution < -0.4 is 0 Å². The predicted molar refractivity (Wildman–Crippen MR) is 196 cm³/mol. The fourth-order valence-corrected chi connectivity index (χ4v) is 8.32. The Morgan fingerprint density at radius 3 is 0.857 bits per heavy atom. The van der Waals surface area contributed by atoms with E-state index in [1.807, 2.05) is 13.8 Å². The highest BCUT2D eigenvalue weighted by Gasteiger charge is 2.16. The maximum atomic E-state index is 10.2. The fourth-order valence-electron chi connectivity index (χ4n) is 5.43. The highest BCUT2D eigenvalue weighted by molar-refractivity contribution is 8.00. The van der Waals surface area contributed by atoms with Crippen LogP contribution in [-0.4, -0.2) is 27.3 Å². The Balaban J connectivity index is 3.38. The van der Waals surface area contributed by atoms with Gasteiger partial charge in [-0.05, 0) is 38.2 Å². The number of hydrogen-bond acceptors (Lipinski definition) is 5. The van der Waals surface area contributed by atoms with Crippen LogP contribution in [-0.2, 0) is 9.05 Å². The minimum absolute atomic E-state index is 0.00826. The van der Waals surface area contributed by atoms with Gasteiger partial charge < -0.3 is 4.89 Å². The summed E-state index contributed by atoms with van der Waals surface area (Å²) in [6.07, 6.45) is 39.1. The second-order valence-electron chi connectivity index (χ2n) is 12.5. The summed E-state index contributed by atoms with van der Waals surface area (Å²) < 4.78 is 11.4. The Morgan fingerprint density at radius 2 is 0.619 bits per heavy atom. The van der Waals surface area contributed by atoms with E-state index in [1.54, 1.807) is 23.5 Å². The SMILES string of the molecule is CCCCCCCCCCCCCCCCSC(C)OP(O)OC(C)SCCCCCCCCCCCCCCCC. The van der Waals surface area contributed by atoms with Crippen LogP contribution in [0.15, 0.2) is 0 Å². The van der Waals surface area contributed by atoms with Crippen molar-refractivity contribution in [3.8, 4) is 0 Å². The minimum atomic E-state index is -1.79. The van der Waals surface area contributed by atoms with Gasteiger partial charge in [0.15, 0.2) is 0 Å². The van der Waals surface area contributed by atoms with Gasteiger partial charge >= 0.3 is 8.60 Å². The highest BCUT2D eigenvalue weighted by Crippen LogP contribution is 2.40. The van der Waals surface area contributed by atoms with Crippen molar-refractivity contribution >= 4 is 32.1 Å². The molecule has 2 unspecified atom stereocenters. The summed E-state index contributed by atoms with van der Waals surface area (Å²) >= 11 is 3.61. The van der Waals surface area contributed by atoms with Gasteiger partial charge in [-0.25, -0.2) is 0 Å². The molecule has 2 atom stereocenters. The van der Waals surface area contributed by atoms with E-state index in [-0.39, 0.29) is 10.9 Å². The number of hydrogen-bond donors (Lipinski definition) is 1. The van der Waals surface area contributed by atoms with E-state index < -0.39 is 8.60 Å². The van der Waals surface area contributed by atoms with Gasteiger partial charge in [0.2, 0.25) is 0 Å². The second kappa shape index (κ2) is 36.5. The molecule has 0 bridgehead atoms. The predicted octanol–water partition coefficient (Wildman–Crippen LogP) is 14.4. The molecule has 0 aliphatic heterocycles. The van der Waals surface area contributed by atoms with Crippen molar-refractivity contribution in [2.45, 2.75) is 218 Å². The summed E-state index contributed by atoms with van der Waals surface area (Å²) in [5, 5.41) is 0. The minimum Gasteiger partial charge on any atom is -0.328 e. The molecule has 0 fully saturated rings. The maximum absolute atomic E-state index is 10.2. The van der Waals surface area contributed by atoms with Crippen molar-refractivity contribution in [3.63, 3.8) is 0 Å². The molecule has 42 heavy (non-hydrogen) atoms. The first-order valence-corrected chi connectivity index (χ1v) is 21.9. The van der Waals surface area contributed by atoms with Crippen LogP contribution in [0.1, 0.15) is 207 Å². The molecule has 3 nitrogen and oxygen atoms in total. The molecule has 0 heterocycles. The van der Waals surface area contributed by atoms with Crippen molar-refractivity contribution in [3.05, 3.63) is 0 Å². The third kappa shape index (κ3) is 35.5. The average molecular weight is 651 g/mol. The molecule has 0 aromatic rings. The second-order valence-corrected chi connectivity index (χ2v) is 16.2. The summed E-state index contributed by atoms with van der Waals surface area (Å²) in [6, 6.07) is 0. The largest absolute Gasteiger partial charge is 0.332 e. The molecule has 0 aromatic heterocycles. The Hall–Kier alpha value is 1.01. The van der Waals surface area contributed by atoms with Gasteiger partial charge in [-0.15, -0.1) is 23.5 Å². The standard InChI is InChI=1S/C36H75O3PS2/c1-5-7-9-11-13-15-17-19-21-23-25-27-29-31-33-41-35(3)38-40(37)39-36(4)42-34-32-30-28-26-24-22-20-18-16-14-12-10-8-6-2/h35-37H,5-34H2,1-4H3. The molecule has 6 heteroatoms. The molecule has 0 radical (unpaired) electrons. The molecule has 1 N–H and O–H groups in total. The fraction of sp³-hybridized carbons (Fsp3) is 1.00. The molecular weight excluding hydrogens is 576 g/mol. The van der Waals surface area contributed by atoms with Crippen LogP contribution in [0.2, 0.25) is 0 Å². The number of thioether (sulfide) groups is 2. The molecule has 0 saturated carbocycles. The maximum Gasteiger partial charge on any atom is 0.332 e. The van der Waals surface area contributed by atoms with E-state index in [2.05, 4.69) is 13.8 Å². The average Bonchev–Trinajstić information content (AvgIpc) is 2.97. The third-order valence-electron chi connectivity index (χ3n) is 8.18. The summed E-state index contributed by atoms with van der Waals surface area (Å²) in [5.74, 6) is 2.21. The summed E-state index contributed by atoms with van der Waals surface area (Å²) in [6.45, 7) is 8.66. The van der Waals surface area contributed by atoms with Gasteiger partial charge in [0.05, 0.1) is 0 Å². The topological polar surface area (TPSA) is 38.7 Å². The summed E-state index contributed by atoms with van der Waals surface area (Å²) in [5.41, 5.74) is -0.0165. The third-order valence-corrected chi connectivity index (χ3v) is 11.6. The quantitative estimate of drug-likeness (QED) is 0.0415. The molecular formula is C36H75O3PS2. The lowest BCUT2D eigenvalue weighted by molar-refractivity contribution is 0.190. The normalized spacial score (nSPS) is 13.9. The molecule has 0 aromatic carbocycles. The van der Waals surface area contributed by atoms with E-state index in [9.17, 15) is 4.89 Å². The lowest BCUT2D eigenvalue weighted by atomic mass is 10.0. The van der Waals surface area contributed by atoms with Crippen molar-refractivity contribution in [1.29, 1.82) is 0 Å². The Labute approximate surface area is 275 Å². The van der Waals surface area contributed by atoms with Crippen LogP contribution in [0.4, 0.5) is 0 Å². The van der Waals surface area contributed by atoms with Crippen LogP contribution in [0.5, 0.6) is 0 Å². The first-order valence-electron chi connectivity index (χ1n) is 18.7. The van der Waals surface area contributed by atoms with Gasteiger partial charge in [-0.2, -0.15) is 0 Å². The van der Waals surface area contributed by atoms with E-state index in [0.717, 1.165) is 11.5 Å². The molecule has 0 rings (SSSR count). The summed E-state index contributed by atoms with van der Waals surface area (Å²) in [7, 11) is -1.79. The zero-order chi connectivity index (χ0) is 30.8. The molecule has 0 amide bonds. The Bertz CT molecular complexity index is 458. The first kappa shape index (κ1) is 43.0. The van der Waals surface area contributed by atoms with Crippen LogP contribution >= 0.6 is 32.1 Å². The Kier molecular flexibility index (Phi) is 37.4. The lowest BCUT2D eigenvalue weighted by Gasteiger charge is -2.19. The lowest BCUT2D eigenvalue weighted by Crippen LogP contribution is -2.06. The Morgan fingerprint density at radius 1 is 0.405 bits per heavy atom. The van der Waals surface area contributed by atoms with Gasteiger partial charge in [-0.3, -0.25) is 9.05 Å². The van der Waals surface area contributed by atoms with Crippen molar-refractivity contribution in [2.75, 3.05) is 11.5 Å². The van der Waals surface area contributed by atoms with E-state index in [0.29, 0.717) is 0 Å². The van der Waals surface area contributed by atoms with Crippen molar-refractivity contribution in [2.24, 2.45) is 0 Å². The molecule has 0 saturated heterocycles. The van der Waals surface area contributed by atoms with Gasteiger partial charge in [0.25, 0.3) is 0 Å². The first-order chi connectivity index (χ1) is 20.6. The highest BCUT2D eigenvalue weighted by atomic mass is 32.2. The molecule has 254 valence electrons. The van der Waals surface area contributed by atoms with E-state index in [1.165, 1.54) is 180 Å². The summed E-state index contributed by atoms with van der Waals surface area (Å²) in [4.78, 5) is 10.2. The molecule has 0 aliphatic rings. The monoisotopic (exact) mass is 650 g/mol. The van der Waals surface area contributed by atoms with Crippen molar-refractivity contribution in [1.82, 2.24) is 0 Å². The van der Waals surface area contributed by atoms with Crippen LogP contribution in [0.3, 0.4) is 0 Å². The zero-order valence-corrected chi connectivity index (χ0v) is 31.4. The smallest absolute Gasteiger partial charge is 0.328 e. The molecule has 0 spiro atoms. The van der Waals surface area contributed by atoms with Gasteiger partial charge in [-0.1, -0.05) is 181 Å². The van der Waals surface area contributed by atoms with E-state index >= 15 is 0 Å². The van der Waals surface area contributed by atoms with E-state index in [4.69, 9.17) is 9.05 Å². The van der Waals surface area contributed by atoms with Crippen molar-refractivity contribution < 1.29 is 13.9 Å². The van der Waals surface area contributed by atoms with Crippen LogP contribution in [0.25, 0.3) is 0 Å². The van der Waals surface area contributed by atoms with Gasteiger partial charge in [0, 0.05) is 0 Å². The number of rotatable bonds is 36.